The zero-order chi connectivity index (χ0) is 21.5. The van der Waals surface area contributed by atoms with Crippen LogP contribution in [-0.2, 0) is 17.9 Å². The van der Waals surface area contributed by atoms with Crippen molar-refractivity contribution in [1.29, 1.82) is 0 Å². The Morgan fingerprint density at radius 3 is 2.71 bits per heavy atom. The Morgan fingerprint density at radius 1 is 1.16 bits per heavy atom. The van der Waals surface area contributed by atoms with Crippen LogP contribution in [0.1, 0.15) is 24.6 Å². The zero-order valence-corrected chi connectivity index (χ0v) is 17.5. The summed E-state index contributed by atoms with van der Waals surface area (Å²) in [6, 6.07) is 16.9. The molecule has 1 atom stereocenters. The van der Waals surface area contributed by atoms with E-state index in [1.54, 1.807) is 7.11 Å². The van der Waals surface area contributed by atoms with Crippen LogP contribution in [0.3, 0.4) is 0 Å². The van der Waals surface area contributed by atoms with Gasteiger partial charge in [0, 0.05) is 12.2 Å². The summed E-state index contributed by atoms with van der Waals surface area (Å²) < 4.78 is 16.2. The molecule has 1 fully saturated rings. The minimum atomic E-state index is -0.0604. The van der Waals surface area contributed by atoms with Gasteiger partial charge in [-0.25, -0.2) is 0 Å². The van der Waals surface area contributed by atoms with E-state index in [9.17, 15) is 4.79 Å². The first-order valence-electron chi connectivity index (χ1n) is 10.4. The van der Waals surface area contributed by atoms with E-state index in [-0.39, 0.29) is 18.4 Å². The van der Waals surface area contributed by atoms with Gasteiger partial charge in [0.05, 0.1) is 19.6 Å². The van der Waals surface area contributed by atoms with E-state index < -0.39 is 0 Å². The number of amides is 1. The average Bonchev–Trinajstić information content (AvgIpc) is 3.26. The van der Waals surface area contributed by atoms with Crippen LogP contribution >= 0.6 is 0 Å². The molecule has 1 saturated heterocycles. The Bertz CT molecular complexity index is 975. The number of carbonyl (C=O) groups excluding carboxylic acids is 1. The van der Waals surface area contributed by atoms with Gasteiger partial charge in [0.2, 0.25) is 17.6 Å². The largest absolute Gasteiger partial charge is 0.497 e. The number of carbonyl (C=O) groups is 1. The van der Waals surface area contributed by atoms with Crippen molar-refractivity contribution in [3.8, 4) is 11.5 Å². The second-order valence-corrected chi connectivity index (χ2v) is 7.50. The summed E-state index contributed by atoms with van der Waals surface area (Å²) in [5.74, 6) is 2.48. The minimum Gasteiger partial charge on any atom is -0.497 e. The SMILES string of the molecule is COc1ccc(OCc2noc(CN3CCC[C@H](C(=O)Nc4ccccc4)C3)n2)cc1. The number of nitrogens with zero attached hydrogens (tertiary/aromatic N) is 3. The molecule has 0 aliphatic carbocycles. The summed E-state index contributed by atoms with van der Waals surface area (Å²) in [6.45, 7) is 2.30. The lowest BCUT2D eigenvalue weighted by Gasteiger charge is -2.30. The first-order valence-corrected chi connectivity index (χ1v) is 10.4. The lowest BCUT2D eigenvalue weighted by Crippen LogP contribution is -2.40. The van der Waals surface area contributed by atoms with Crippen LogP contribution in [0.15, 0.2) is 59.1 Å². The topological polar surface area (TPSA) is 89.7 Å². The van der Waals surface area contributed by atoms with Crippen LogP contribution in [0, 0.1) is 5.92 Å². The maximum Gasteiger partial charge on any atom is 0.240 e. The van der Waals surface area contributed by atoms with Crippen LogP contribution < -0.4 is 14.8 Å². The normalized spacial score (nSPS) is 16.6. The van der Waals surface area contributed by atoms with Crippen LogP contribution in [-0.4, -0.2) is 41.1 Å². The number of likely N-dealkylation sites (tertiary alicyclic amines) is 1. The van der Waals surface area contributed by atoms with Gasteiger partial charge in [0.15, 0.2) is 6.61 Å². The number of rotatable bonds is 8. The average molecular weight is 422 g/mol. The summed E-state index contributed by atoms with van der Waals surface area (Å²) in [7, 11) is 1.62. The standard InChI is InChI=1S/C23H26N4O4/c1-29-19-9-11-20(12-10-19)30-16-21-25-22(31-26-21)15-27-13-5-6-17(14-27)23(28)24-18-7-3-2-4-8-18/h2-4,7-12,17H,5-6,13-16H2,1H3,(H,24,28)/t17-/m0/s1. The molecule has 0 unspecified atom stereocenters. The molecule has 3 aromatic rings. The molecule has 2 aromatic carbocycles. The molecule has 2 heterocycles. The molecule has 8 heteroatoms. The summed E-state index contributed by atoms with van der Waals surface area (Å²) in [4.78, 5) is 19.2. The van der Waals surface area contributed by atoms with Crippen LogP contribution in [0.4, 0.5) is 5.69 Å². The third kappa shape index (κ3) is 5.82. The minimum absolute atomic E-state index is 0.0509. The van der Waals surface area contributed by atoms with Gasteiger partial charge in [-0.2, -0.15) is 4.98 Å². The highest BCUT2D eigenvalue weighted by molar-refractivity contribution is 5.92. The Labute approximate surface area is 181 Å². The van der Waals surface area contributed by atoms with Crippen molar-refractivity contribution in [2.75, 3.05) is 25.5 Å². The molecule has 0 spiro atoms. The number of anilines is 1. The Hall–Kier alpha value is -3.39. The van der Waals surface area contributed by atoms with Crippen molar-refractivity contribution in [3.63, 3.8) is 0 Å². The van der Waals surface area contributed by atoms with Crippen LogP contribution in [0.25, 0.3) is 0 Å². The Kier molecular flexibility index (Phi) is 6.78. The fraction of sp³-hybridized carbons (Fsp3) is 0.348. The van der Waals surface area contributed by atoms with Crippen molar-refractivity contribution in [1.82, 2.24) is 15.0 Å². The van der Waals surface area contributed by atoms with Gasteiger partial charge in [0.1, 0.15) is 11.5 Å². The van der Waals surface area contributed by atoms with E-state index in [1.807, 2.05) is 54.6 Å². The second kappa shape index (κ2) is 10.1. The van der Waals surface area contributed by atoms with Gasteiger partial charge in [-0.3, -0.25) is 9.69 Å². The predicted octanol–water partition coefficient (Wildman–Crippen LogP) is 3.51. The Morgan fingerprint density at radius 2 is 1.94 bits per heavy atom. The fourth-order valence-corrected chi connectivity index (χ4v) is 3.60. The molecule has 1 aliphatic heterocycles. The number of para-hydroxylation sites is 1. The van der Waals surface area contributed by atoms with E-state index in [0.29, 0.717) is 30.6 Å². The van der Waals surface area contributed by atoms with Gasteiger partial charge >= 0.3 is 0 Å². The molecule has 1 N–H and O–H groups in total. The highest BCUT2D eigenvalue weighted by Gasteiger charge is 2.27. The molecule has 1 aliphatic rings. The second-order valence-electron chi connectivity index (χ2n) is 7.50. The predicted molar refractivity (Wildman–Crippen MR) is 115 cm³/mol. The fourth-order valence-electron chi connectivity index (χ4n) is 3.60. The zero-order valence-electron chi connectivity index (χ0n) is 17.5. The molecular weight excluding hydrogens is 396 g/mol. The van der Waals surface area contributed by atoms with E-state index in [4.69, 9.17) is 14.0 Å². The monoisotopic (exact) mass is 422 g/mol. The van der Waals surface area contributed by atoms with E-state index in [2.05, 4.69) is 20.4 Å². The molecule has 31 heavy (non-hydrogen) atoms. The van der Waals surface area contributed by atoms with Gasteiger partial charge in [-0.05, 0) is 55.8 Å². The van der Waals surface area contributed by atoms with Crippen molar-refractivity contribution >= 4 is 11.6 Å². The number of benzene rings is 2. The van der Waals surface area contributed by atoms with Crippen molar-refractivity contribution in [2.45, 2.75) is 26.0 Å². The highest BCUT2D eigenvalue weighted by Crippen LogP contribution is 2.21. The van der Waals surface area contributed by atoms with E-state index in [1.165, 1.54) is 0 Å². The summed E-state index contributed by atoms with van der Waals surface area (Å²) in [5.41, 5.74) is 0.822. The molecular formula is C23H26N4O4. The third-order valence-electron chi connectivity index (χ3n) is 5.21. The number of hydrogen-bond donors (Lipinski definition) is 1. The lowest BCUT2D eigenvalue weighted by molar-refractivity contribution is -0.121. The highest BCUT2D eigenvalue weighted by atomic mass is 16.5. The molecule has 1 amide bonds. The molecule has 4 rings (SSSR count). The van der Waals surface area contributed by atoms with E-state index in [0.717, 1.165) is 30.8 Å². The maximum atomic E-state index is 12.6. The summed E-state index contributed by atoms with van der Waals surface area (Å²) >= 11 is 0. The van der Waals surface area contributed by atoms with E-state index >= 15 is 0 Å². The van der Waals surface area contributed by atoms with Crippen molar-refractivity contribution < 1.29 is 18.8 Å². The van der Waals surface area contributed by atoms with Crippen molar-refractivity contribution in [3.05, 3.63) is 66.3 Å². The first-order chi connectivity index (χ1) is 15.2. The summed E-state index contributed by atoms with van der Waals surface area (Å²) in [6.07, 6.45) is 1.83. The molecule has 0 bridgehead atoms. The number of ether oxygens (including phenoxy) is 2. The number of nitrogens with one attached hydrogen (secondary N) is 1. The Balaban J connectivity index is 1.27. The quantitative estimate of drug-likeness (QED) is 0.594. The number of methoxy groups -OCH3 is 1. The smallest absolute Gasteiger partial charge is 0.240 e. The van der Waals surface area contributed by atoms with Gasteiger partial charge in [-0.1, -0.05) is 23.4 Å². The maximum absolute atomic E-state index is 12.6. The molecule has 8 nitrogen and oxygen atoms in total. The molecule has 0 saturated carbocycles. The van der Waals surface area contributed by atoms with Crippen molar-refractivity contribution in [2.24, 2.45) is 5.92 Å². The molecule has 162 valence electrons. The molecule has 1 aromatic heterocycles. The lowest BCUT2D eigenvalue weighted by atomic mass is 9.97. The third-order valence-corrected chi connectivity index (χ3v) is 5.21. The van der Waals surface area contributed by atoms with Crippen LogP contribution in [0.2, 0.25) is 0 Å². The van der Waals surface area contributed by atoms with Gasteiger partial charge in [0.25, 0.3) is 0 Å². The van der Waals surface area contributed by atoms with Gasteiger partial charge < -0.3 is 19.3 Å². The number of aromatic nitrogens is 2. The summed E-state index contributed by atoms with van der Waals surface area (Å²) in [5, 5.41) is 7.00. The van der Waals surface area contributed by atoms with Gasteiger partial charge in [-0.15, -0.1) is 0 Å². The number of piperidine rings is 1. The van der Waals surface area contributed by atoms with Crippen LogP contribution in [0.5, 0.6) is 11.5 Å². The molecule has 0 radical (unpaired) electrons. The first kappa shape index (κ1) is 20.9. The number of hydrogen-bond acceptors (Lipinski definition) is 7.